The Balaban J connectivity index is 1.87. The molecule has 3 N–H and O–H groups in total. The average Bonchev–Trinajstić information content (AvgIpc) is 3.07. The molecule has 1 amide bonds. The second kappa shape index (κ2) is 8.76. The molecule has 8 nitrogen and oxygen atoms in total. The van der Waals surface area contributed by atoms with Crippen molar-refractivity contribution in [3.05, 3.63) is 47.7 Å². The minimum Gasteiger partial charge on any atom is -0.491 e. The van der Waals surface area contributed by atoms with Gasteiger partial charge in [0.2, 0.25) is 5.09 Å². The molecular formula is C19H26N2O6S. The third kappa shape index (κ3) is 6.66. The highest BCUT2D eigenvalue weighted by atomic mass is 32.2. The molecule has 0 spiro atoms. The quantitative estimate of drug-likeness (QED) is 0.611. The van der Waals surface area contributed by atoms with Crippen LogP contribution in [-0.2, 0) is 10.0 Å². The van der Waals surface area contributed by atoms with E-state index in [2.05, 4.69) is 10.0 Å². The van der Waals surface area contributed by atoms with Gasteiger partial charge in [-0.05, 0) is 57.5 Å². The number of sulfonamides is 1. The van der Waals surface area contributed by atoms with Crippen LogP contribution in [0.5, 0.6) is 5.75 Å². The van der Waals surface area contributed by atoms with Crippen LogP contribution in [0.3, 0.4) is 0 Å². The van der Waals surface area contributed by atoms with Gasteiger partial charge in [-0.2, -0.15) is 0 Å². The van der Waals surface area contributed by atoms with E-state index in [0.717, 1.165) is 5.56 Å². The molecule has 0 saturated carbocycles. The summed E-state index contributed by atoms with van der Waals surface area (Å²) in [4.78, 5) is 12.1. The van der Waals surface area contributed by atoms with E-state index >= 15 is 0 Å². The first-order valence-electron chi connectivity index (χ1n) is 8.76. The molecule has 1 unspecified atom stereocenters. The van der Waals surface area contributed by atoms with Crippen molar-refractivity contribution < 1.29 is 27.5 Å². The monoisotopic (exact) mass is 410 g/mol. The molecule has 0 fully saturated rings. The molecule has 154 valence electrons. The van der Waals surface area contributed by atoms with Crippen molar-refractivity contribution in [2.45, 2.75) is 44.4 Å². The van der Waals surface area contributed by atoms with E-state index in [4.69, 9.17) is 9.15 Å². The lowest BCUT2D eigenvalue weighted by atomic mass is 10.1. The van der Waals surface area contributed by atoms with Gasteiger partial charge in [-0.3, -0.25) is 4.79 Å². The van der Waals surface area contributed by atoms with Crippen LogP contribution in [0.15, 0.2) is 45.9 Å². The van der Waals surface area contributed by atoms with Gasteiger partial charge in [0.05, 0.1) is 0 Å². The zero-order valence-electron chi connectivity index (χ0n) is 16.4. The summed E-state index contributed by atoms with van der Waals surface area (Å²) in [6.45, 7) is 6.94. The van der Waals surface area contributed by atoms with E-state index in [1.165, 1.54) is 12.1 Å². The Labute approximate surface area is 164 Å². The highest BCUT2D eigenvalue weighted by Crippen LogP contribution is 2.16. The number of benzene rings is 1. The molecule has 0 bridgehead atoms. The Morgan fingerprint density at radius 2 is 1.96 bits per heavy atom. The number of amides is 1. The minimum atomic E-state index is -3.87. The van der Waals surface area contributed by atoms with Crippen molar-refractivity contribution in [1.82, 2.24) is 10.0 Å². The van der Waals surface area contributed by atoms with Crippen molar-refractivity contribution in [1.29, 1.82) is 0 Å². The van der Waals surface area contributed by atoms with Crippen LogP contribution in [0.25, 0.3) is 0 Å². The number of aliphatic hydroxyl groups is 1. The highest BCUT2D eigenvalue weighted by Gasteiger charge is 2.26. The zero-order valence-corrected chi connectivity index (χ0v) is 17.2. The molecule has 0 aliphatic rings. The Kier molecular flexibility index (Phi) is 6.87. The standard InChI is InChI=1S/C19H26N2O6S/c1-13-6-5-7-15(10-13)26-12-14(22)11-20-18(23)16-8-9-17(27-16)28(24,25)21-19(2,3)4/h5-10,14,21-22H,11-12H2,1-4H3,(H,20,23). The molecule has 1 aromatic heterocycles. The number of carbonyl (C=O) groups excluding carboxylic acids is 1. The van der Waals surface area contributed by atoms with Crippen LogP contribution in [0.1, 0.15) is 36.9 Å². The fraction of sp³-hybridized carbons (Fsp3) is 0.421. The second-order valence-corrected chi connectivity index (χ2v) is 9.08. The molecule has 2 rings (SSSR count). The van der Waals surface area contributed by atoms with Crippen molar-refractivity contribution in [2.75, 3.05) is 13.2 Å². The number of rotatable bonds is 8. The van der Waals surface area contributed by atoms with E-state index in [1.54, 1.807) is 26.8 Å². The Morgan fingerprint density at radius 3 is 2.61 bits per heavy atom. The summed E-state index contributed by atoms with van der Waals surface area (Å²) >= 11 is 0. The van der Waals surface area contributed by atoms with Crippen LogP contribution in [0.2, 0.25) is 0 Å². The maximum Gasteiger partial charge on any atom is 0.287 e. The fourth-order valence-corrected chi connectivity index (χ4v) is 3.65. The number of carbonyl (C=O) groups is 1. The zero-order chi connectivity index (χ0) is 20.9. The molecule has 1 atom stereocenters. The second-order valence-electron chi connectivity index (χ2n) is 7.47. The number of aliphatic hydroxyl groups excluding tert-OH is 1. The number of furan rings is 1. The lowest BCUT2D eigenvalue weighted by Crippen LogP contribution is -2.40. The topological polar surface area (TPSA) is 118 Å². The van der Waals surface area contributed by atoms with E-state index < -0.39 is 27.6 Å². The van der Waals surface area contributed by atoms with Crippen LogP contribution in [-0.4, -0.2) is 44.2 Å². The van der Waals surface area contributed by atoms with Gasteiger partial charge in [0, 0.05) is 12.1 Å². The van der Waals surface area contributed by atoms with Gasteiger partial charge in [-0.1, -0.05) is 12.1 Å². The smallest absolute Gasteiger partial charge is 0.287 e. The maximum atomic E-state index is 12.2. The number of ether oxygens (including phenoxy) is 1. The molecule has 1 aromatic carbocycles. The first kappa shape index (κ1) is 21.9. The van der Waals surface area contributed by atoms with E-state index in [-0.39, 0.29) is 24.0 Å². The molecular weight excluding hydrogens is 384 g/mol. The third-order valence-corrected chi connectivity index (χ3v) is 5.07. The molecule has 2 aromatic rings. The van der Waals surface area contributed by atoms with Crippen LogP contribution >= 0.6 is 0 Å². The largest absolute Gasteiger partial charge is 0.491 e. The molecule has 9 heteroatoms. The van der Waals surface area contributed by atoms with Crippen LogP contribution < -0.4 is 14.8 Å². The summed E-state index contributed by atoms with van der Waals surface area (Å²) in [5, 5.41) is 12.1. The van der Waals surface area contributed by atoms with E-state index in [0.29, 0.717) is 5.75 Å². The van der Waals surface area contributed by atoms with Crippen molar-refractivity contribution in [3.63, 3.8) is 0 Å². The molecule has 0 radical (unpaired) electrons. The van der Waals surface area contributed by atoms with Gasteiger partial charge in [-0.15, -0.1) is 0 Å². The SMILES string of the molecule is Cc1cccc(OCC(O)CNC(=O)c2ccc(S(=O)(=O)NC(C)(C)C)o2)c1. The van der Waals surface area contributed by atoms with E-state index in [9.17, 15) is 18.3 Å². The van der Waals surface area contributed by atoms with Crippen LogP contribution in [0, 0.1) is 6.92 Å². The summed E-state index contributed by atoms with van der Waals surface area (Å²) in [6.07, 6.45) is -0.940. The van der Waals surface area contributed by atoms with Gasteiger partial charge in [0.15, 0.2) is 5.76 Å². The predicted octanol–water partition coefficient (Wildman–Crippen LogP) is 1.83. The number of aryl methyl sites for hydroxylation is 1. The van der Waals surface area contributed by atoms with Gasteiger partial charge in [-0.25, -0.2) is 13.1 Å². The van der Waals surface area contributed by atoms with Crippen molar-refractivity contribution >= 4 is 15.9 Å². The van der Waals surface area contributed by atoms with Gasteiger partial charge in [0.1, 0.15) is 18.5 Å². The summed E-state index contributed by atoms with van der Waals surface area (Å²) in [6, 6.07) is 9.85. The first-order valence-corrected chi connectivity index (χ1v) is 10.2. The Bertz CT molecular complexity index is 915. The first-order chi connectivity index (χ1) is 13.0. The van der Waals surface area contributed by atoms with Gasteiger partial charge in [0.25, 0.3) is 15.9 Å². The maximum absolute atomic E-state index is 12.2. The van der Waals surface area contributed by atoms with Gasteiger partial charge < -0.3 is 19.6 Å². The van der Waals surface area contributed by atoms with Crippen molar-refractivity contribution in [2.24, 2.45) is 0 Å². The molecule has 28 heavy (non-hydrogen) atoms. The lowest BCUT2D eigenvalue weighted by molar-refractivity contribution is 0.0818. The van der Waals surface area contributed by atoms with E-state index in [1.807, 2.05) is 25.1 Å². The fourth-order valence-electron chi connectivity index (χ4n) is 2.29. The molecule has 1 heterocycles. The summed E-state index contributed by atoms with van der Waals surface area (Å²) < 4.78 is 37.5. The summed E-state index contributed by atoms with van der Waals surface area (Å²) in [5.74, 6) is -0.175. The molecule has 0 aliphatic heterocycles. The molecule has 0 saturated heterocycles. The Hall–Kier alpha value is -2.36. The third-order valence-electron chi connectivity index (χ3n) is 3.44. The minimum absolute atomic E-state index is 0.00296. The van der Waals surface area contributed by atoms with Crippen molar-refractivity contribution in [3.8, 4) is 5.75 Å². The highest BCUT2D eigenvalue weighted by molar-refractivity contribution is 7.89. The number of hydrogen-bond acceptors (Lipinski definition) is 6. The normalized spacial score (nSPS) is 13.2. The molecule has 0 aliphatic carbocycles. The summed E-state index contributed by atoms with van der Waals surface area (Å²) in [7, 11) is -3.87. The number of hydrogen-bond donors (Lipinski definition) is 3. The number of nitrogens with one attached hydrogen (secondary N) is 2. The predicted molar refractivity (Wildman–Crippen MR) is 104 cm³/mol. The lowest BCUT2D eigenvalue weighted by Gasteiger charge is -2.19. The van der Waals surface area contributed by atoms with Crippen LogP contribution in [0.4, 0.5) is 0 Å². The average molecular weight is 410 g/mol. The Morgan fingerprint density at radius 1 is 1.25 bits per heavy atom. The van der Waals surface area contributed by atoms with Gasteiger partial charge >= 0.3 is 0 Å². The summed E-state index contributed by atoms with van der Waals surface area (Å²) in [5.41, 5.74) is 0.347.